The van der Waals surface area contributed by atoms with Gasteiger partial charge >= 0.3 is 0 Å². The number of hydrogen-bond acceptors (Lipinski definition) is 1. The molecule has 1 aromatic carbocycles. The fraction of sp³-hybridized carbons (Fsp3) is 0.385. The van der Waals surface area contributed by atoms with E-state index in [1.165, 1.54) is 16.6 Å². The average Bonchev–Trinajstić information content (AvgIpc) is 2.50. The topological polar surface area (TPSA) is 25.2 Å². The first kappa shape index (κ1) is 11.5. The van der Waals surface area contributed by atoms with Gasteiger partial charge in [0, 0.05) is 35.3 Å². The van der Waals surface area contributed by atoms with Crippen molar-refractivity contribution in [3.05, 3.63) is 34.5 Å². The van der Waals surface area contributed by atoms with E-state index in [4.69, 9.17) is 16.7 Å². The molecule has 1 N–H and O–H groups in total. The lowest BCUT2D eigenvalue weighted by molar-refractivity contribution is 0.288. The molecule has 1 heterocycles. The second-order valence-corrected chi connectivity index (χ2v) is 4.55. The maximum Gasteiger partial charge on any atom is 0.0497 e. The van der Waals surface area contributed by atoms with Crippen LogP contribution >= 0.6 is 11.6 Å². The van der Waals surface area contributed by atoms with E-state index in [-0.39, 0.29) is 6.61 Å². The van der Waals surface area contributed by atoms with Crippen molar-refractivity contribution in [2.24, 2.45) is 7.05 Å². The number of aromatic nitrogens is 1. The highest BCUT2D eigenvalue weighted by molar-refractivity contribution is 6.31. The molecule has 0 aliphatic rings. The lowest BCUT2D eigenvalue weighted by Gasteiger charge is -2.00. The van der Waals surface area contributed by atoms with E-state index in [2.05, 4.69) is 24.6 Å². The van der Waals surface area contributed by atoms with Crippen LogP contribution in [0, 0.1) is 6.92 Å². The van der Waals surface area contributed by atoms with Gasteiger partial charge in [0.15, 0.2) is 0 Å². The molecule has 0 aliphatic carbocycles. The number of hydrogen-bond donors (Lipinski definition) is 1. The average molecular weight is 238 g/mol. The Hall–Kier alpha value is -0.990. The van der Waals surface area contributed by atoms with Gasteiger partial charge in [-0.25, -0.2) is 0 Å². The third kappa shape index (κ3) is 1.83. The van der Waals surface area contributed by atoms with Gasteiger partial charge in [-0.3, -0.25) is 0 Å². The molecule has 0 aliphatic heterocycles. The minimum atomic E-state index is 0.240. The van der Waals surface area contributed by atoms with Crippen LogP contribution in [0.15, 0.2) is 18.2 Å². The van der Waals surface area contributed by atoms with Crippen LogP contribution in [-0.4, -0.2) is 16.3 Å². The van der Waals surface area contributed by atoms with Gasteiger partial charge in [0.05, 0.1) is 0 Å². The molecule has 3 heteroatoms. The van der Waals surface area contributed by atoms with Crippen molar-refractivity contribution in [2.45, 2.75) is 19.8 Å². The molecule has 0 bridgehead atoms. The molecular weight excluding hydrogens is 222 g/mol. The first-order chi connectivity index (χ1) is 7.65. The molecule has 2 rings (SSSR count). The molecular formula is C13H16ClNO. The maximum atomic E-state index is 8.91. The third-order valence-electron chi connectivity index (χ3n) is 3.17. The number of benzene rings is 1. The summed E-state index contributed by atoms with van der Waals surface area (Å²) < 4.78 is 2.16. The lowest BCUT2D eigenvalue weighted by atomic mass is 10.1. The summed E-state index contributed by atoms with van der Waals surface area (Å²) in [6.45, 7) is 2.35. The van der Waals surface area contributed by atoms with Crippen molar-refractivity contribution in [3.63, 3.8) is 0 Å². The van der Waals surface area contributed by atoms with Crippen LogP contribution in [0.4, 0.5) is 0 Å². The number of rotatable bonds is 3. The third-order valence-corrected chi connectivity index (χ3v) is 3.41. The Morgan fingerprint density at radius 2 is 2.12 bits per heavy atom. The van der Waals surface area contributed by atoms with Crippen LogP contribution in [0.1, 0.15) is 17.7 Å². The summed E-state index contributed by atoms with van der Waals surface area (Å²) in [5.41, 5.74) is 3.74. The summed E-state index contributed by atoms with van der Waals surface area (Å²) in [4.78, 5) is 0. The highest BCUT2D eigenvalue weighted by atomic mass is 35.5. The van der Waals surface area contributed by atoms with Gasteiger partial charge in [0.25, 0.3) is 0 Å². The van der Waals surface area contributed by atoms with Crippen LogP contribution in [0.3, 0.4) is 0 Å². The van der Waals surface area contributed by atoms with Gasteiger partial charge in [-0.05, 0) is 37.5 Å². The minimum Gasteiger partial charge on any atom is -0.396 e. The summed E-state index contributed by atoms with van der Waals surface area (Å²) in [6.07, 6.45) is 1.73. The number of aryl methyl sites for hydroxylation is 2. The molecule has 0 saturated carbocycles. The van der Waals surface area contributed by atoms with Crippen molar-refractivity contribution in [1.82, 2.24) is 4.57 Å². The van der Waals surface area contributed by atoms with Gasteiger partial charge in [0.1, 0.15) is 0 Å². The van der Waals surface area contributed by atoms with Gasteiger partial charge in [-0.15, -0.1) is 0 Å². The number of aliphatic hydroxyl groups excluding tert-OH is 1. The molecule has 0 fully saturated rings. The van der Waals surface area contributed by atoms with Crippen LogP contribution in [0.25, 0.3) is 10.9 Å². The van der Waals surface area contributed by atoms with Crippen molar-refractivity contribution in [3.8, 4) is 0 Å². The zero-order valence-electron chi connectivity index (χ0n) is 9.63. The first-order valence-electron chi connectivity index (χ1n) is 5.49. The summed E-state index contributed by atoms with van der Waals surface area (Å²) >= 11 is 6.00. The van der Waals surface area contributed by atoms with E-state index < -0.39 is 0 Å². The highest BCUT2D eigenvalue weighted by Gasteiger charge is 2.11. The van der Waals surface area contributed by atoms with Gasteiger partial charge in [-0.1, -0.05) is 17.7 Å². The fourth-order valence-electron chi connectivity index (χ4n) is 2.19. The quantitative estimate of drug-likeness (QED) is 0.872. The monoisotopic (exact) mass is 237 g/mol. The van der Waals surface area contributed by atoms with Crippen LogP contribution in [0.5, 0.6) is 0 Å². The Bertz CT molecular complexity index is 516. The Morgan fingerprint density at radius 1 is 1.38 bits per heavy atom. The number of nitrogens with zero attached hydrogens (tertiary/aromatic N) is 1. The van der Waals surface area contributed by atoms with Gasteiger partial charge in [-0.2, -0.15) is 0 Å². The van der Waals surface area contributed by atoms with Gasteiger partial charge in [0.2, 0.25) is 0 Å². The fourth-order valence-corrected chi connectivity index (χ4v) is 2.35. The van der Waals surface area contributed by atoms with Crippen molar-refractivity contribution >= 4 is 22.5 Å². The largest absolute Gasteiger partial charge is 0.396 e. The number of aliphatic hydroxyl groups is 1. The molecule has 2 aromatic rings. The highest BCUT2D eigenvalue weighted by Crippen LogP contribution is 2.28. The molecule has 1 aromatic heterocycles. The summed E-state index contributed by atoms with van der Waals surface area (Å²) in [7, 11) is 2.05. The molecule has 0 spiro atoms. The van der Waals surface area contributed by atoms with E-state index in [0.29, 0.717) is 0 Å². The SMILES string of the molecule is Cc1c(CCCO)c2ccc(Cl)cc2n1C. The van der Waals surface area contributed by atoms with Crippen molar-refractivity contribution in [1.29, 1.82) is 0 Å². The van der Waals surface area contributed by atoms with Crippen LogP contribution in [-0.2, 0) is 13.5 Å². The molecule has 0 amide bonds. The van der Waals surface area contributed by atoms with E-state index >= 15 is 0 Å². The molecule has 0 radical (unpaired) electrons. The smallest absolute Gasteiger partial charge is 0.0497 e. The zero-order chi connectivity index (χ0) is 11.7. The summed E-state index contributed by atoms with van der Waals surface area (Å²) in [5, 5.41) is 10.9. The van der Waals surface area contributed by atoms with Crippen molar-refractivity contribution in [2.75, 3.05) is 6.61 Å². The normalized spacial score (nSPS) is 11.2. The Kier molecular flexibility index (Phi) is 3.22. The first-order valence-corrected chi connectivity index (χ1v) is 5.87. The number of halogens is 1. The Morgan fingerprint density at radius 3 is 2.81 bits per heavy atom. The molecule has 16 heavy (non-hydrogen) atoms. The molecule has 2 nitrogen and oxygen atoms in total. The van der Waals surface area contributed by atoms with Gasteiger partial charge < -0.3 is 9.67 Å². The summed E-state index contributed by atoms with van der Waals surface area (Å²) in [6, 6.07) is 5.98. The second kappa shape index (κ2) is 4.48. The second-order valence-electron chi connectivity index (χ2n) is 4.11. The number of fused-ring (bicyclic) bond motifs is 1. The van der Waals surface area contributed by atoms with E-state index in [9.17, 15) is 0 Å². The standard InChI is InChI=1S/C13H16ClNO/c1-9-11(4-3-7-16)12-6-5-10(14)8-13(12)15(9)2/h5-6,8,16H,3-4,7H2,1-2H3. The predicted molar refractivity (Wildman–Crippen MR) is 68.1 cm³/mol. The summed E-state index contributed by atoms with van der Waals surface area (Å²) in [5.74, 6) is 0. The van der Waals surface area contributed by atoms with E-state index in [0.717, 1.165) is 23.4 Å². The predicted octanol–water partition coefficient (Wildman–Crippen LogP) is 3.07. The molecule has 0 unspecified atom stereocenters. The Labute approximate surface area is 100 Å². The molecule has 86 valence electrons. The van der Waals surface area contributed by atoms with E-state index in [1.807, 2.05) is 12.1 Å². The Balaban J connectivity index is 2.59. The van der Waals surface area contributed by atoms with Crippen LogP contribution < -0.4 is 0 Å². The molecule has 0 atom stereocenters. The lowest BCUT2D eigenvalue weighted by Crippen LogP contribution is -1.94. The van der Waals surface area contributed by atoms with E-state index in [1.54, 1.807) is 0 Å². The van der Waals surface area contributed by atoms with Crippen LogP contribution in [0.2, 0.25) is 5.02 Å². The minimum absolute atomic E-state index is 0.240. The zero-order valence-corrected chi connectivity index (χ0v) is 10.4. The van der Waals surface area contributed by atoms with Crippen molar-refractivity contribution < 1.29 is 5.11 Å². The maximum absolute atomic E-state index is 8.91. The molecule has 0 saturated heterocycles.